The van der Waals surface area contributed by atoms with Gasteiger partial charge in [0, 0.05) is 63.2 Å². The third kappa shape index (κ3) is 11.1. The first kappa shape index (κ1) is 37.6. The summed E-state index contributed by atoms with van der Waals surface area (Å²) in [6, 6.07) is 3.46. The summed E-state index contributed by atoms with van der Waals surface area (Å²) in [6.45, 7) is 0.303. The average molecular weight is 663 g/mol. The van der Waals surface area contributed by atoms with Crippen LogP contribution in [0, 0.1) is 0 Å². The van der Waals surface area contributed by atoms with Crippen molar-refractivity contribution in [3.05, 3.63) is 23.3 Å². The van der Waals surface area contributed by atoms with Crippen molar-refractivity contribution >= 4 is 21.6 Å². The second-order valence-corrected chi connectivity index (χ2v) is 11.6. The second kappa shape index (κ2) is 22.0. The van der Waals surface area contributed by atoms with E-state index in [1.807, 2.05) is 0 Å². The second-order valence-electron chi connectivity index (χ2n) is 8.89. The highest BCUT2D eigenvalue weighted by molar-refractivity contribution is 8.76. The lowest BCUT2D eigenvalue weighted by Gasteiger charge is -2.21. The van der Waals surface area contributed by atoms with E-state index in [4.69, 9.17) is 56.8 Å². The van der Waals surface area contributed by atoms with E-state index < -0.39 is 0 Å². The quantitative estimate of drug-likeness (QED) is 0.0747. The predicted octanol–water partition coefficient (Wildman–Crippen LogP) is 5.60. The van der Waals surface area contributed by atoms with Gasteiger partial charge in [0.05, 0.1) is 28.4 Å². The summed E-state index contributed by atoms with van der Waals surface area (Å²) in [4.78, 5) is 0. The molecule has 0 spiro atoms. The first-order valence-electron chi connectivity index (χ1n) is 13.8. The Kier molecular flexibility index (Phi) is 18.8. The molecule has 2 aromatic carbocycles. The topological polar surface area (TPSA) is 111 Å². The minimum Gasteiger partial charge on any atom is -0.493 e. The third-order valence-corrected chi connectivity index (χ3v) is 8.64. The molecular formula is C30H46O12S2. The van der Waals surface area contributed by atoms with Crippen LogP contribution in [0.4, 0.5) is 0 Å². The molecule has 14 heteroatoms. The van der Waals surface area contributed by atoms with Crippen molar-refractivity contribution < 1.29 is 56.8 Å². The maximum Gasteiger partial charge on any atom is 0.188 e. The van der Waals surface area contributed by atoms with Crippen molar-refractivity contribution in [2.75, 3.05) is 95.6 Å². The number of methoxy groups -OCH3 is 8. The van der Waals surface area contributed by atoms with Gasteiger partial charge in [0.2, 0.25) is 0 Å². The fourth-order valence-corrected chi connectivity index (χ4v) is 6.43. The first-order valence-corrected chi connectivity index (χ1v) is 16.3. The van der Waals surface area contributed by atoms with Gasteiger partial charge in [-0.1, -0.05) is 21.6 Å². The largest absolute Gasteiger partial charge is 0.493 e. The van der Waals surface area contributed by atoms with Crippen molar-refractivity contribution in [2.45, 2.75) is 25.7 Å². The smallest absolute Gasteiger partial charge is 0.188 e. The molecule has 0 N–H and O–H groups in total. The van der Waals surface area contributed by atoms with Crippen LogP contribution in [0.2, 0.25) is 0 Å². The van der Waals surface area contributed by atoms with E-state index in [1.165, 1.54) is 0 Å². The molecule has 12 nitrogen and oxygen atoms in total. The van der Waals surface area contributed by atoms with Crippen molar-refractivity contribution in [1.29, 1.82) is 0 Å². The van der Waals surface area contributed by atoms with Gasteiger partial charge in [0.25, 0.3) is 0 Å². The molecule has 0 heterocycles. The summed E-state index contributed by atoms with van der Waals surface area (Å²) in [5, 5.41) is 0. The molecule has 0 fully saturated rings. The molecule has 2 rings (SSSR count). The number of benzene rings is 2. The molecule has 0 bridgehead atoms. The Morgan fingerprint density at radius 2 is 0.795 bits per heavy atom. The van der Waals surface area contributed by atoms with E-state index in [0.29, 0.717) is 58.8 Å². The Morgan fingerprint density at radius 1 is 0.432 bits per heavy atom. The molecule has 250 valence electrons. The van der Waals surface area contributed by atoms with Gasteiger partial charge in [-0.15, -0.1) is 0 Å². The van der Waals surface area contributed by atoms with Gasteiger partial charge in [-0.25, -0.2) is 0 Å². The Morgan fingerprint density at radius 3 is 1.11 bits per heavy atom. The van der Waals surface area contributed by atoms with Crippen molar-refractivity contribution in [1.82, 2.24) is 0 Å². The fraction of sp³-hybridized carbons (Fsp3) is 0.600. The van der Waals surface area contributed by atoms with Gasteiger partial charge in [-0.3, -0.25) is 0 Å². The maximum absolute atomic E-state index is 5.88. The van der Waals surface area contributed by atoms with Crippen LogP contribution in [0.1, 0.15) is 24.0 Å². The van der Waals surface area contributed by atoms with Gasteiger partial charge in [-0.05, 0) is 25.7 Å². The zero-order chi connectivity index (χ0) is 32.2. The zero-order valence-electron chi connectivity index (χ0n) is 26.9. The van der Waals surface area contributed by atoms with Crippen LogP contribution in [-0.2, 0) is 31.8 Å². The number of hydrogen-bond acceptors (Lipinski definition) is 14. The summed E-state index contributed by atoms with van der Waals surface area (Å²) < 4.78 is 66.3. The minimum atomic E-state index is 0.0751. The average Bonchev–Trinajstić information content (AvgIpc) is 3.05. The highest BCUT2D eigenvalue weighted by atomic mass is 33.1. The monoisotopic (exact) mass is 662 g/mol. The number of rotatable bonds is 25. The Balaban J connectivity index is 2.04. The first-order chi connectivity index (χ1) is 21.5. The molecule has 0 unspecified atom stereocenters. The lowest BCUT2D eigenvalue weighted by atomic mass is 10.1. The van der Waals surface area contributed by atoms with Crippen molar-refractivity contribution in [2.24, 2.45) is 0 Å². The molecule has 0 saturated carbocycles. The molecule has 2 aromatic rings. The van der Waals surface area contributed by atoms with E-state index in [0.717, 1.165) is 35.5 Å². The molecule has 0 aliphatic rings. The molecule has 44 heavy (non-hydrogen) atoms. The summed E-state index contributed by atoms with van der Waals surface area (Å²) in [7, 11) is 16.2. The maximum atomic E-state index is 5.88. The highest BCUT2D eigenvalue weighted by Gasteiger charge is 2.24. The molecule has 0 aliphatic heterocycles. The summed E-state index contributed by atoms with van der Waals surface area (Å²) in [5.41, 5.74) is 1.70. The molecule has 0 aliphatic carbocycles. The van der Waals surface area contributed by atoms with Gasteiger partial charge >= 0.3 is 0 Å². The van der Waals surface area contributed by atoms with Crippen LogP contribution in [0.3, 0.4) is 0 Å². The third-order valence-electron chi connectivity index (χ3n) is 6.06. The van der Waals surface area contributed by atoms with E-state index in [2.05, 4.69) is 0 Å². The predicted molar refractivity (Wildman–Crippen MR) is 171 cm³/mol. The molecule has 0 atom stereocenters. The van der Waals surface area contributed by atoms with Crippen molar-refractivity contribution in [3.8, 4) is 46.0 Å². The molecular weight excluding hydrogens is 616 g/mol. The van der Waals surface area contributed by atoms with Gasteiger partial charge in [0.1, 0.15) is 0 Å². The zero-order valence-corrected chi connectivity index (χ0v) is 28.6. The highest BCUT2D eigenvalue weighted by Crippen LogP contribution is 2.47. The van der Waals surface area contributed by atoms with E-state index in [-0.39, 0.29) is 27.2 Å². The van der Waals surface area contributed by atoms with E-state index in [1.54, 1.807) is 90.6 Å². The lowest BCUT2D eigenvalue weighted by molar-refractivity contribution is 0.0445. The standard InChI is InChI=1S/C30H46O12S2/c1-31-17-39-25-15-23(35-5)29(41-19-33-3)21(27(25)37-7)11-9-13-43-44-14-10-12-22-28(38-8)26(40-18-32-2)16-24(36-6)30(22)42-20-34-4/h15-16H,9-14,17-20H2,1-8H3. The fourth-order valence-electron chi connectivity index (χ4n) is 4.25. The molecule has 0 radical (unpaired) electrons. The Bertz CT molecular complexity index is 1020. The summed E-state index contributed by atoms with van der Waals surface area (Å²) >= 11 is 0. The normalized spacial score (nSPS) is 10.8. The molecule has 0 amide bonds. The summed E-state index contributed by atoms with van der Waals surface area (Å²) in [5.74, 6) is 6.22. The molecule has 0 aromatic heterocycles. The Labute approximate surface area is 268 Å². The van der Waals surface area contributed by atoms with Crippen LogP contribution in [0.5, 0.6) is 46.0 Å². The van der Waals surface area contributed by atoms with Crippen LogP contribution >= 0.6 is 21.6 Å². The number of hydrogen-bond donors (Lipinski definition) is 0. The minimum absolute atomic E-state index is 0.0751. The van der Waals surface area contributed by atoms with Crippen LogP contribution in [-0.4, -0.2) is 95.6 Å². The number of ether oxygens (including phenoxy) is 12. The SMILES string of the molecule is COCOc1cc(OC)c(OCOC)c(CCCSSCCCc2c(OC)c(OCOC)cc(OC)c2OCOC)c1OC. The molecule has 0 saturated heterocycles. The van der Waals surface area contributed by atoms with E-state index in [9.17, 15) is 0 Å². The lowest BCUT2D eigenvalue weighted by Crippen LogP contribution is -2.08. The van der Waals surface area contributed by atoms with Gasteiger partial charge < -0.3 is 56.8 Å². The van der Waals surface area contributed by atoms with Crippen LogP contribution in [0.15, 0.2) is 12.1 Å². The van der Waals surface area contributed by atoms with Crippen molar-refractivity contribution in [3.63, 3.8) is 0 Å². The van der Waals surface area contributed by atoms with Crippen LogP contribution in [0.25, 0.3) is 0 Å². The summed E-state index contributed by atoms with van der Waals surface area (Å²) in [6.07, 6.45) is 3.10. The Hall–Kier alpha value is -2.62. The van der Waals surface area contributed by atoms with Gasteiger partial charge in [0.15, 0.2) is 73.2 Å². The van der Waals surface area contributed by atoms with E-state index >= 15 is 0 Å². The van der Waals surface area contributed by atoms with Gasteiger partial charge in [-0.2, -0.15) is 0 Å². The van der Waals surface area contributed by atoms with Crippen LogP contribution < -0.4 is 37.9 Å².